The Morgan fingerprint density at radius 2 is 1.84 bits per heavy atom. The minimum Gasteiger partial charge on any atom is -0.493 e. The first-order valence-electron chi connectivity index (χ1n) is 10.4. The lowest BCUT2D eigenvalue weighted by molar-refractivity contribution is -0.133. The monoisotopic (exact) mass is 436 g/mol. The van der Waals surface area contributed by atoms with Gasteiger partial charge in [0.2, 0.25) is 11.5 Å². The number of Topliss-reactive ketones (excluding diaryl/α,β-unsaturated/α-hetero) is 1. The first kappa shape index (κ1) is 21.6. The molecule has 4 rings (SSSR count). The number of para-hydroxylation sites is 1. The normalized spacial score (nSPS) is 22.2. The lowest BCUT2D eigenvalue weighted by atomic mass is 9.80. The SMILES string of the molecule is COC1CCC2C(=O)C(Oc3ccc(C(=O)Nc4ccccc4C(N)=O)cc3)=COC2C1. The lowest BCUT2D eigenvalue weighted by Gasteiger charge is -2.36. The van der Waals surface area contributed by atoms with Gasteiger partial charge in [0.1, 0.15) is 18.1 Å². The highest BCUT2D eigenvalue weighted by Crippen LogP contribution is 2.34. The Hall–Kier alpha value is -3.65. The Labute approximate surface area is 185 Å². The smallest absolute Gasteiger partial charge is 0.255 e. The highest BCUT2D eigenvalue weighted by molar-refractivity contribution is 6.08. The van der Waals surface area contributed by atoms with E-state index >= 15 is 0 Å². The summed E-state index contributed by atoms with van der Waals surface area (Å²) in [5.74, 6) is -0.798. The summed E-state index contributed by atoms with van der Waals surface area (Å²) in [4.78, 5) is 36.9. The number of nitrogens with one attached hydrogen (secondary N) is 1. The molecule has 166 valence electrons. The van der Waals surface area contributed by atoms with Gasteiger partial charge in [-0.05, 0) is 49.2 Å². The van der Waals surface area contributed by atoms with Crippen molar-refractivity contribution in [1.82, 2.24) is 0 Å². The summed E-state index contributed by atoms with van der Waals surface area (Å²) in [6.45, 7) is 0. The average molecular weight is 436 g/mol. The first-order chi connectivity index (χ1) is 15.5. The Kier molecular flexibility index (Phi) is 6.23. The number of anilines is 1. The summed E-state index contributed by atoms with van der Waals surface area (Å²) < 4.78 is 16.9. The van der Waals surface area contributed by atoms with E-state index < -0.39 is 11.8 Å². The minimum absolute atomic E-state index is 0.0827. The van der Waals surface area contributed by atoms with Crippen molar-refractivity contribution in [3.05, 3.63) is 71.7 Å². The fourth-order valence-corrected chi connectivity index (χ4v) is 4.02. The molecule has 2 aliphatic rings. The van der Waals surface area contributed by atoms with Crippen LogP contribution in [0, 0.1) is 5.92 Å². The third-order valence-electron chi connectivity index (χ3n) is 5.79. The first-order valence-corrected chi connectivity index (χ1v) is 10.4. The third kappa shape index (κ3) is 4.50. The number of ketones is 1. The Balaban J connectivity index is 1.41. The van der Waals surface area contributed by atoms with E-state index in [0.717, 1.165) is 6.42 Å². The number of allylic oxidation sites excluding steroid dienone is 1. The zero-order valence-corrected chi connectivity index (χ0v) is 17.6. The predicted molar refractivity (Wildman–Crippen MR) is 116 cm³/mol. The van der Waals surface area contributed by atoms with Gasteiger partial charge in [-0.1, -0.05) is 12.1 Å². The van der Waals surface area contributed by atoms with Crippen LogP contribution in [0.4, 0.5) is 5.69 Å². The number of fused-ring (bicyclic) bond motifs is 1. The molecule has 0 spiro atoms. The van der Waals surface area contributed by atoms with Gasteiger partial charge >= 0.3 is 0 Å². The molecule has 0 bridgehead atoms. The Morgan fingerprint density at radius 1 is 1.09 bits per heavy atom. The van der Waals surface area contributed by atoms with Crippen LogP contribution >= 0.6 is 0 Å². The maximum atomic E-state index is 12.8. The van der Waals surface area contributed by atoms with Crippen molar-refractivity contribution in [1.29, 1.82) is 0 Å². The molecule has 0 aromatic heterocycles. The zero-order valence-electron chi connectivity index (χ0n) is 17.6. The topological polar surface area (TPSA) is 117 Å². The van der Waals surface area contributed by atoms with E-state index in [1.54, 1.807) is 49.6 Å². The van der Waals surface area contributed by atoms with Crippen molar-refractivity contribution in [2.24, 2.45) is 11.7 Å². The van der Waals surface area contributed by atoms with Gasteiger partial charge in [0.15, 0.2) is 0 Å². The molecule has 1 saturated carbocycles. The average Bonchev–Trinajstić information content (AvgIpc) is 2.81. The molecule has 2 aromatic carbocycles. The van der Waals surface area contributed by atoms with Crippen LogP contribution in [0.3, 0.4) is 0 Å². The minimum atomic E-state index is -0.629. The van der Waals surface area contributed by atoms with Crippen LogP contribution in [-0.2, 0) is 14.3 Å². The molecule has 3 atom stereocenters. The number of ether oxygens (including phenoxy) is 3. The van der Waals surface area contributed by atoms with E-state index in [2.05, 4.69) is 5.32 Å². The molecule has 3 N–H and O–H groups in total. The summed E-state index contributed by atoms with van der Waals surface area (Å²) in [5.41, 5.74) is 6.26. The van der Waals surface area contributed by atoms with Gasteiger partial charge in [0.25, 0.3) is 11.8 Å². The van der Waals surface area contributed by atoms with Crippen LogP contribution < -0.4 is 15.8 Å². The van der Waals surface area contributed by atoms with Crippen molar-refractivity contribution in [3.8, 4) is 5.75 Å². The number of carbonyl (C=O) groups excluding carboxylic acids is 3. The van der Waals surface area contributed by atoms with Gasteiger partial charge in [-0.15, -0.1) is 0 Å². The fourth-order valence-electron chi connectivity index (χ4n) is 4.02. The van der Waals surface area contributed by atoms with Gasteiger partial charge in [-0.3, -0.25) is 14.4 Å². The maximum absolute atomic E-state index is 12.8. The number of hydrogen-bond acceptors (Lipinski definition) is 6. The van der Waals surface area contributed by atoms with E-state index in [-0.39, 0.29) is 35.2 Å². The highest BCUT2D eigenvalue weighted by atomic mass is 16.5. The molecule has 1 aliphatic heterocycles. The molecule has 1 fully saturated rings. The number of primary amides is 1. The summed E-state index contributed by atoms with van der Waals surface area (Å²) in [5, 5.41) is 2.68. The quantitative estimate of drug-likeness (QED) is 0.719. The number of amides is 2. The molecule has 8 nitrogen and oxygen atoms in total. The van der Waals surface area contributed by atoms with Gasteiger partial charge in [0, 0.05) is 19.1 Å². The summed E-state index contributed by atoms with van der Waals surface area (Å²) in [6, 6.07) is 12.8. The predicted octanol–water partition coefficient (Wildman–Crippen LogP) is 3.04. The summed E-state index contributed by atoms with van der Waals surface area (Å²) in [7, 11) is 1.67. The van der Waals surface area contributed by atoms with Crippen molar-refractivity contribution in [2.75, 3.05) is 12.4 Å². The van der Waals surface area contributed by atoms with Crippen LogP contribution in [0.1, 0.15) is 40.0 Å². The van der Waals surface area contributed by atoms with E-state index in [1.165, 1.54) is 12.3 Å². The number of nitrogens with two attached hydrogens (primary N) is 1. The standard InChI is InChI=1S/C24H24N2O6/c1-30-16-10-11-18-20(12-16)31-13-21(22(18)27)32-15-8-6-14(7-9-15)24(29)26-19-5-3-2-4-17(19)23(25)28/h2-9,13,16,18,20H,10-12H2,1H3,(H2,25,28)(H,26,29). The molecule has 1 heterocycles. The lowest BCUT2D eigenvalue weighted by Crippen LogP contribution is -2.42. The number of carbonyl (C=O) groups is 3. The number of rotatable bonds is 6. The zero-order chi connectivity index (χ0) is 22.7. The van der Waals surface area contributed by atoms with Crippen molar-refractivity contribution in [2.45, 2.75) is 31.5 Å². The molecule has 2 aromatic rings. The van der Waals surface area contributed by atoms with E-state index in [9.17, 15) is 14.4 Å². The number of hydrogen-bond donors (Lipinski definition) is 2. The molecular weight excluding hydrogens is 412 g/mol. The van der Waals surface area contributed by atoms with Crippen LogP contribution in [0.25, 0.3) is 0 Å². The Bertz CT molecular complexity index is 1060. The third-order valence-corrected chi connectivity index (χ3v) is 5.79. The van der Waals surface area contributed by atoms with Crippen molar-refractivity contribution < 1.29 is 28.6 Å². The molecule has 8 heteroatoms. The molecule has 1 aliphatic carbocycles. The van der Waals surface area contributed by atoms with Crippen LogP contribution in [-0.4, -0.2) is 36.9 Å². The molecule has 3 unspecified atom stereocenters. The second-order valence-corrected chi connectivity index (χ2v) is 7.79. The highest BCUT2D eigenvalue weighted by Gasteiger charge is 2.41. The van der Waals surface area contributed by atoms with Crippen LogP contribution in [0.15, 0.2) is 60.6 Å². The summed E-state index contributed by atoms with van der Waals surface area (Å²) >= 11 is 0. The second kappa shape index (κ2) is 9.23. The second-order valence-electron chi connectivity index (χ2n) is 7.79. The molecular formula is C24H24N2O6. The van der Waals surface area contributed by atoms with E-state index in [4.69, 9.17) is 19.9 Å². The fraction of sp³-hybridized carbons (Fsp3) is 0.292. The van der Waals surface area contributed by atoms with Gasteiger partial charge in [-0.2, -0.15) is 0 Å². The molecule has 0 saturated heterocycles. The van der Waals surface area contributed by atoms with Gasteiger partial charge < -0.3 is 25.3 Å². The molecule has 0 radical (unpaired) electrons. The van der Waals surface area contributed by atoms with Crippen LogP contribution in [0.2, 0.25) is 0 Å². The van der Waals surface area contributed by atoms with E-state index in [1.807, 2.05) is 0 Å². The number of benzene rings is 2. The van der Waals surface area contributed by atoms with Gasteiger partial charge in [-0.25, -0.2) is 0 Å². The van der Waals surface area contributed by atoms with Crippen molar-refractivity contribution >= 4 is 23.3 Å². The summed E-state index contributed by atoms with van der Waals surface area (Å²) in [6.07, 6.45) is 3.45. The van der Waals surface area contributed by atoms with Crippen LogP contribution in [0.5, 0.6) is 5.75 Å². The maximum Gasteiger partial charge on any atom is 0.255 e. The number of methoxy groups -OCH3 is 1. The van der Waals surface area contributed by atoms with Crippen molar-refractivity contribution in [3.63, 3.8) is 0 Å². The molecule has 2 amide bonds. The largest absolute Gasteiger partial charge is 0.493 e. The Morgan fingerprint density at radius 3 is 2.56 bits per heavy atom. The molecule has 32 heavy (non-hydrogen) atoms. The van der Waals surface area contributed by atoms with E-state index in [0.29, 0.717) is 29.8 Å². The van der Waals surface area contributed by atoms with Gasteiger partial charge in [0.05, 0.1) is 23.3 Å².